The topological polar surface area (TPSA) is 55.2 Å². The zero-order chi connectivity index (χ0) is 23.5. The van der Waals surface area contributed by atoms with Crippen LogP contribution in [0.4, 0.5) is 0 Å². The van der Waals surface area contributed by atoms with Crippen LogP contribution in [0.5, 0.6) is 5.75 Å². The van der Waals surface area contributed by atoms with Crippen molar-refractivity contribution in [2.45, 2.75) is 84.3 Å². The molecule has 0 spiro atoms. The highest BCUT2D eigenvalue weighted by Gasteiger charge is 2.09. The van der Waals surface area contributed by atoms with Crippen LogP contribution in [-0.4, -0.2) is 27.3 Å². The Hall–Kier alpha value is -2.72. The number of benzene rings is 2. The molecule has 0 unspecified atom stereocenters. The van der Waals surface area contributed by atoms with Crippen molar-refractivity contribution in [3.05, 3.63) is 66.5 Å². The number of aromatic nitrogens is 2. The summed E-state index contributed by atoms with van der Waals surface area (Å²) >= 11 is 0. The molecular weight excluding hydrogens is 408 g/mol. The molecule has 1 N–H and O–H groups in total. The van der Waals surface area contributed by atoms with E-state index >= 15 is 0 Å². The van der Waals surface area contributed by atoms with Gasteiger partial charge in [-0.2, -0.15) is 0 Å². The first-order valence-electron chi connectivity index (χ1n) is 12.4. The molecule has 0 aliphatic heterocycles. The lowest BCUT2D eigenvalue weighted by molar-refractivity contribution is 0.115. The van der Waals surface area contributed by atoms with Gasteiger partial charge in [-0.3, -0.25) is 0 Å². The average Bonchev–Trinajstić information content (AvgIpc) is 2.82. The van der Waals surface area contributed by atoms with E-state index in [1.807, 2.05) is 43.6 Å². The predicted molar refractivity (Wildman–Crippen MR) is 136 cm³/mol. The highest BCUT2D eigenvalue weighted by atomic mass is 16.5. The van der Waals surface area contributed by atoms with Gasteiger partial charge in [-0.05, 0) is 49.9 Å². The van der Waals surface area contributed by atoms with Crippen LogP contribution in [0, 0.1) is 0 Å². The molecule has 0 saturated carbocycles. The predicted octanol–water partition coefficient (Wildman–Crippen LogP) is 7.25. The van der Waals surface area contributed by atoms with Crippen molar-refractivity contribution >= 4 is 0 Å². The van der Waals surface area contributed by atoms with Crippen LogP contribution < -0.4 is 4.74 Å². The van der Waals surface area contributed by atoms with Crippen molar-refractivity contribution < 1.29 is 9.84 Å². The molecule has 0 radical (unpaired) electrons. The van der Waals surface area contributed by atoms with Crippen LogP contribution in [0.1, 0.15) is 71.3 Å². The van der Waals surface area contributed by atoms with Gasteiger partial charge in [0.2, 0.25) is 0 Å². The van der Waals surface area contributed by atoms with Crippen molar-refractivity contribution in [2.24, 2.45) is 0 Å². The Morgan fingerprint density at radius 1 is 0.758 bits per heavy atom. The summed E-state index contributed by atoms with van der Waals surface area (Å²) < 4.78 is 5.86. The Balaban J connectivity index is 1.53. The van der Waals surface area contributed by atoms with Crippen molar-refractivity contribution in [3.63, 3.8) is 0 Å². The molecule has 33 heavy (non-hydrogen) atoms. The van der Waals surface area contributed by atoms with Crippen LogP contribution in [-0.2, 0) is 6.42 Å². The molecule has 3 rings (SSSR count). The van der Waals surface area contributed by atoms with E-state index in [-0.39, 0.29) is 12.2 Å². The summed E-state index contributed by atoms with van der Waals surface area (Å²) in [5, 5.41) is 9.49. The second-order valence-corrected chi connectivity index (χ2v) is 9.05. The van der Waals surface area contributed by atoms with Gasteiger partial charge < -0.3 is 9.84 Å². The normalized spacial score (nSPS) is 13.0. The molecule has 4 nitrogen and oxygen atoms in total. The molecule has 0 aliphatic rings. The zero-order valence-electron chi connectivity index (χ0n) is 20.3. The van der Waals surface area contributed by atoms with Crippen LogP contribution in [0.2, 0.25) is 0 Å². The molecule has 4 heteroatoms. The van der Waals surface area contributed by atoms with Crippen LogP contribution >= 0.6 is 0 Å². The monoisotopic (exact) mass is 446 g/mol. The average molecular weight is 447 g/mol. The molecule has 0 amide bonds. The van der Waals surface area contributed by atoms with Crippen molar-refractivity contribution in [3.8, 4) is 28.3 Å². The number of nitrogens with zero attached hydrogens (tertiary/aromatic N) is 2. The van der Waals surface area contributed by atoms with E-state index in [9.17, 15) is 5.11 Å². The molecule has 0 fully saturated rings. The summed E-state index contributed by atoms with van der Waals surface area (Å²) in [5.74, 6) is 1.54. The number of ether oxygens (including phenoxy) is 1. The summed E-state index contributed by atoms with van der Waals surface area (Å²) in [4.78, 5) is 9.18. The molecular formula is C29H38N2O2. The van der Waals surface area contributed by atoms with Gasteiger partial charge in [-0.1, -0.05) is 75.4 Å². The smallest absolute Gasteiger partial charge is 0.159 e. The third-order valence-corrected chi connectivity index (χ3v) is 5.88. The van der Waals surface area contributed by atoms with E-state index in [2.05, 4.69) is 41.2 Å². The summed E-state index contributed by atoms with van der Waals surface area (Å²) in [6, 6.07) is 16.6. The third kappa shape index (κ3) is 8.29. The van der Waals surface area contributed by atoms with E-state index in [0.717, 1.165) is 34.7 Å². The minimum Gasteiger partial charge on any atom is -0.491 e. The Morgan fingerprint density at radius 2 is 1.36 bits per heavy atom. The molecule has 2 aromatic carbocycles. The summed E-state index contributed by atoms with van der Waals surface area (Å²) in [6.07, 6.45) is 13.1. The Kier molecular flexibility index (Phi) is 9.89. The number of aliphatic hydroxyl groups excluding tert-OH is 1. The minimum atomic E-state index is -0.369. The summed E-state index contributed by atoms with van der Waals surface area (Å²) in [5.41, 5.74) is 4.45. The number of hydrogen-bond acceptors (Lipinski definition) is 4. The van der Waals surface area contributed by atoms with Gasteiger partial charge in [0, 0.05) is 29.9 Å². The van der Waals surface area contributed by atoms with Gasteiger partial charge in [0.25, 0.3) is 0 Å². The third-order valence-electron chi connectivity index (χ3n) is 5.88. The summed E-state index contributed by atoms with van der Waals surface area (Å²) in [6.45, 7) is 6.00. The molecule has 0 bridgehead atoms. The molecule has 1 heterocycles. The van der Waals surface area contributed by atoms with Crippen LogP contribution in [0.3, 0.4) is 0 Å². The highest BCUT2D eigenvalue weighted by Crippen LogP contribution is 2.24. The van der Waals surface area contributed by atoms with Crippen molar-refractivity contribution in [1.29, 1.82) is 0 Å². The maximum absolute atomic E-state index is 9.49. The van der Waals surface area contributed by atoms with E-state index < -0.39 is 0 Å². The maximum atomic E-state index is 9.49. The van der Waals surface area contributed by atoms with Crippen molar-refractivity contribution in [1.82, 2.24) is 9.97 Å². The fourth-order valence-electron chi connectivity index (χ4n) is 4.04. The van der Waals surface area contributed by atoms with Crippen LogP contribution in [0.15, 0.2) is 60.9 Å². The van der Waals surface area contributed by atoms with E-state index in [1.54, 1.807) is 6.92 Å². The zero-order valence-corrected chi connectivity index (χ0v) is 20.3. The highest BCUT2D eigenvalue weighted by molar-refractivity contribution is 5.64. The first kappa shape index (κ1) is 24.9. The SMILES string of the molecule is CCCCCCCCc1ccc(-c2ncc(-c3ccc(O[C@H](C)C[C@@H](C)O)cc3)cn2)cc1. The molecule has 2 atom stereocenters. The summed E-state index contributed by atoms with van der Waals surface area (Å²) in [7, 11) is 0. The number of hydrogen-bond donors (Lipinski definition) is 1. The number of aliphatic hydroxyl groups is 1. The Labute approximate surface area is 199 Å². The number of unbranched alkanes of at least 4 members (excludes halogenated alkanes) is 5. The van der Waals surface area contributed by atoms with E-state index in [0.29, 0.717) is 6.42 Å². The lowest BCUT2D eigenvalue weighted by Crippen LogP contribution is -2.18. The molecule has 0 saturated heterocycles. The molecule has 1 aromatic heterocycles. The van der Waals surface area contributed by atoms with E-state index in [1.165, 1.54) is 44.1 Å². The first-order valence-corrected chi connectivity index (χ1v) is 12.4. The molecule has 0 aliphatic carbocycles. The van der Waals surface area contributed by atoms with Gasteiger partial charge in [-0.15, -0.1) is 0 Å². The Bertz CT molecular complexity index is 935. The number of rotatable bonds is 13. The molecule has 3 aromatic rings. The fraction of sp³-hybridized carbons (Fsp3) is 0.448. The second-order valence-electron chi connectivity index (χ2n) is 9.05. The number of aryl methyl sites for hydroxylation is 1. The molecule has 176 valence electrons. The first-order chi connectivity index (χ1) is 16.0. The minimum absolute atomic E-state index is 0.0318. The van der Waals surface area contributed by atoms with Crippen LogP contribution in [0.25, 0.3) is 22.5 Å². The van der Waals surface area contributed by atoms with E-state index in [4.69, 9.17) is 4.74 Å². The second kappa shape index (κ2) is 13.1. The quantitative estimate of drug-likeness (QED) is 0.281. The van der Waals surface area contributed by atoms with Crippen molar-refractivity contribution in [2.75, 3.05) is 0 Å². The maximum Gasteiger partial charge on any atom is 0.159 e. The lowest BCUT2D eigenvalue weighted by atomic mass is 10.0. The van der Waals surface area contributed by atoms with Gasteiger partial charge in [0.15, 0.2) is 5.82 Å². The fourth-order valence-corrected chi connectivity index (χ4v) is 4.04. The standard InChI is InChI=1S/C29H38N2O2/c1-4-5-6-7-8-9-10-24-11-13-26(14-12-24)29-30-20-27(21-31-29)25-15-17-28(18-16-25)33-23(3)19-22(2)32/h11-18,20-23,32H,4-10,19H2,1-3H3/t22-,23-/m1/s1. The van der Waals surface area contributed by atoms with Gasteiger partial charge in [0.1, 0.15) is 5.75 Å². The van der Waals surface area contributed by atoms with Gasteiger partial charge in [-0.25, -0.2) is 9.97 Å². The lowest BCUT2D eigenvalue weighted by Gasteiger charge is -2.16. The van der Waals surface area contributed by atoms with Gasteiger partial charge in [0.05, 0.1) is 12.2 Å². The van der Waals surface area contributed by atoms with Gasteiger partial charge >= 0.3 is 0 Å². The largest absolute Gasteiger partial charge is 0.491 e. The Morgan fingerprint density at radius 3 is 2.00 bits per heavy atom.